The number of phenols is 1. The molecule has 6 rings (SSSR count). The molecule has 0 aromatic heterocycles. The largest absolute Gasteiger partial charge is 0.507 e. The molecule has 2 aromatic carbocycles. The highest BCUT2D eigenvalue weighted by atomic mass is 16.3. The van der Waals surface area contributed by atoms with Gasteiger partial charge in [-0.15, -0.1) is 6.58 Å². The first-order chi connectivity index (χ1) is 14.7. The maximum Gasteiger partial charge on any atom is 0.127 e. The molecule has 4 aliphatic rings. The van der Waals surface area contributed by atoms with Gasteiger partial charge in [0.25, 0.3) is 0 Å². The van der Waals surface area contributed by atoms with Crippen LogP contribution in [0.4, 0.5) is 0 Å². The molecule has 30 heavy (non-hydrogen) atoms. The van der Waals surface area contributed by atoms with E-state index in [9.17, 15) is 5.11 Å². The van der Waals surface area contributed by atoms with Gasteiger partial charge in [-0.2, -0.15) is 10.2 Å². The highest BCUT2D eigenvalue weighted by Crippen LogP contribution is 2.38. The summed E-state index contributed by atoms with van der Waals surface area (Å²) in [6, 6.07) is 16.1. The number of nitrogens with zero attached hydrogens (tertiary/aromatic N) is 5. The Morgan fingerprint density at radius 3 is 2.27 bits per heavy atom. The zero-order valence-electron chi connectivity index (χ0n) is 17.1. The molecule has 0 amide bonds. The zero-order chi connectivity index (χ0) is 20.6. The van der Waals surface area contributed by atoms with Crippen molar-refractivity contribution in [1.82, 2.24) is 14.7 Å². The average molecular weight is 402 g/mol. The summed E-state index contributed by atoms with van der Waals surface area (Å²) in [5.41, 5.74) is 3.60. The lowest BCUT2D eigenvalue weighted by Gasteiger charge is -2.60. The first-order valence-electron chi connectivity index (χ1n) is 10.4. The van der Waals surface area contributed by atoms with Crippen LogP contribution in [0, 0.1) is 5.41 Å². The highest BCUT2D eigenvalue weighted by Gasteiger charge is 2.51. The van der Waals surface area contributed by atoms with Crippen LogP contribution in [0.3, 0.4) is 0 Å². The molecule has 4 fully saturated rings. The predicted octanol–water partition coefficient (Wildman–Crippen LogP) is 2.75. The molecule has 4 heterocycles. The Balaban J connectivity index is 1.51. The number of benzene rings is 2. The lowest BCUT2D eigenvalue weighted by atomic mass is 9.74. The van der Waals surface area contributed by atoms with Crippen molar-refractivity contribution in [2.45, 2.75) is 6.42 Å². The van der Waals surface area contributed by atoms with Gasteiger partial charge in [0.2, 0.25) is 0 Å². The van der Waals surface area contributed by atoms with Crippen LogP contribution in [0.25, 0.3) is 0 Å². The van der Waals surface area contributed by atoms with E-state index in [0.29, 0.717) is 12.0 Å². The minimum absolute atomic E-state index is 0.0554. The Morgan fingerprint density at radius 1 is 0.967 bits per heavy atom. The van der Waals surface area contributed by atoms with Crippen LogP contribution in [0.1, 0.15) is 16.7 Å². The van der Waals surface area contributed by atoms with Gasteiger partial charge >= 0.3 is 0 Å². The van der Waals surface area contributed by atoms with Crippen LogP contribution in [-0.4, -0.2) is 71.4 Å². The maximum atomic E-state index is 10.5. The Hall–Kier alpha value is -2.80. The molecule has 0 atom stereocenters. The van der Waals surface area contributed by atoms with Crippen molar-refractivity contribution >= 4 is 11.9 Å². The van der Waals surface area contributed by atoms with Gasteiger partial charge in [0.15, 0.2) is 0 Å². The van der Waals surface area contributed by atoms with Gasteiger partial charge < -0.3 is 5.11 Å². The molecule has 2 aromatic rings. The van der Waals surface area contributed by atoms with Gasteiger partial charge in [-0.25, -0.2) is 0 Å². The third-order valence-corrected chi connectivity index (χ3v) is 6.20. The highest BCUT2D eigenvalue weighted by molar-refractivity contribution is 6.05. The summed E-state index contributed by atoms with van der Waals surface area (Å²) < 4.78 is 0. The molecular formula is C24H27N5O. The van der Waals surface area contributed by atoms with Gasteiger partial charge in [-0.05, 0) is 23.6 Å². The first-order valence-corrected chi connectivity index (χ1v) is 10.4. The molecule has 0 saturated carbocycles. The summed E-state index contributed by atoms with van der Waals surface area (Å²) in [6.45, 7) is 9.87. The molecular weight excluding hydrogens is 374 g/mol. The molecule has 6 nitrogen and oxygen atoms in total. The molecule has 154 valence electrons. The Bertz CT molecular complexity index is 963. The van der Waals surface area contributed by atoms with E-state index in [-0.39, 0.29) is 11.2 Å². The van der Waals surface area contributed by atoms with Crippen LogP contribution in [0.15, 0.2) is 71.4 Å². The number of hydrogen-bond donors (Lipinski definition) is 1. The zero-order valence-corrected chi connectivity index (χ0v) is 17.1. The van der Waals surface area contributed by atoms with Gasteiger partial charge in [0.1, 0.15) is 5.75 Å². The van der Waals surface area contributed by atoms with Gasteiger partial charge in [-0.1, -0.05) is 48.5 Å². The van der Waals surface area contributed by atoms with Crippen molar-refractivity contribution < 1.29 is 5.11 Å². The van der Waals surface area contributed by atoms with E-state index in [4.69, 9.17) is 5.10 Å². The lowest BCUT2D eigenvalue weighted by Crippen LogP contribution is -2.74. The fourth-order valence-corrected chi connectivity index (χ4v) is 5.19. The van der Waals surface area contributed by atoms with Crippen LogP contribution < -0.4 is 0 Å². The summed E-state index contributed by atoms with van der Waals surface area (Å²) in [7, 11) is 0. The quantitative estimate of drug-likeness (QED) is 0.459. The summed E-state index contributed by atoms with van der Waals surface area (Å²) in [5.74, 6) is 0.246. The summed E-state index contributed by atoms with van der Waals surface area (Å²) in [5, 5.41) is 19.8. The predicted molar refractivity (Wildman–Crippen MR) is 120 cm³/mol. The van der Waals surface area contributed by atoms with Gasteiger partial charge in [0, 0.05) is 25.2 Å². The molecule has 4 saturated heterocycles. The van der Waals surface area contributed by atoms with E-state index in [1.165, 1.54) is 0 Å². The second kappa shape index (κ2) is 7.80. The second-order valence-electron chi connectivity index (χ2n) is 8.60. The topological polar surface area (TPSA) is 54.7 Å². The fraction of sp³-hybridized carbons (Fsp3) is 0.333. The molecule has 4 bridgehead atoms. The molecule has 0 radical (unpaired) electrons. The number of aromatic hydroxyl groups is 1. The molecule has 4 aliphatic heterocycles. The van der Waals surface area contributed by atoms with Crippen molar-refractivity contribution in [2.24, 2.45) is 15.6 Å². The molecule has 0 aliphatic carbocycles. The molecule has 6 heteroatoms. The van der Waals surface area contributed by atoms with Crippen molar-refractivity contribution in [2.75, 3.05) is 39.6 Å². The minimum Gasteiger partial charge on any atom is -0.507 e. The van der Waals surface area contributed by atoms with Crippen molar-refractivity contribution in [3.63, 3.8) is 0 Å². The van der Waals surface area contributed by atoms with E-state index in [2.05, 4.69) is 50.6 Å². The smallest absolute Gasteiger partial charge is 0.127 e. The second-order valence-corrected chi connectivity index (χ2v) is 8.60. The number of hydrogen-bond acceptors (Lipinski definition) is 6. The Kier molecular flexibility index (Phi) is 4.98. The third-order valence-electron chi connectivity index (χ3n) is 6.20. The molecule has 1 N–H and O–H groups in total. The standard InChI is InChI=1S/C24H27N5O/c1-2-7-19-10-6-11-21(22(19)30)12-25-26-23(20-8-4-3-5-9-20)24-13-27-16-28(14-24)18-29(15-24)17-27/h2-6,8-12,30H,1,7,13-18H2/b25-12+,26-23-. The molecule has 0 unspecified atom stereocenters. The third kappa shape index (κ3) is 3.47. The normalized spacial score (nSPS) is 30.1. The van der Waals surface area contributed by atoms with Crippen LogP contribution in [-0.2, 0) is 6.42 Å². The SMILES string of the molecule is C=CCc1cccc(/C=N/N=C(/c2ccccc2)C23CN4CN(CN(C4)C2)C3)c1O. The van der Waals surface area contributed by atoms with Gasteiger partial charge in [-0.3, -0.25) is 14.7 Å². The lowest BCUT2D eigenvalue weighted by molar-refractivity contribution is -0.149. The van der Waals surface area contributed by atoms with Crippen molar-refractivity contribution in [3.05, 3.63) is 77.9 Å². The number of phenolic OH excluding ortho intramolecular Hbond substituents is 1. The van der Waals surface area contributed by atoms with E-state index >= 15 is 0 Å². The first kappa shape index (κ1) is 19.2. The van der Waals surface area contributed by atoms with Crippen molar-refractivity contribution in [3.8, 4) is 5.75 Å². The monoisotopic (exact) mass is 401 g/mol. The van der Waals surface area contributed by atoms with Gasteiger partial charge in [0.05, 0.1) is 37.3 Å². The van der Waals surface area contributed by atoms with Crippen LogP contribution in [0.2, 0.25) is 0 Å². The van der Waals surface area contributed by atoms with Crippen LogP contribution in [0.5, 0.6) is 5.75 Å². The van der Waals surface area contributed by atoms with E-state index in [1.54, 1.807) is 12.3 Å². The van der Waals surface area contributed by atoms with E-state index < -0.39 is 0 Å². The maximum absolute atomic E-state index is 10.5. The summed E-state index contributed by atoms with van der Waals surface area (Å²) >= 11 is 0. The Labute approximate surface area is 177 Å². The fourth-order valence-electron chi connectivity index (χ4n) is 5.19. The Morgan fingerprint density at radius 2 is 1.63 bits per heavy atom. The number of para-hydroxylation sites is 1. The van der Waals surface area contributed by atoms with E-state index in [1.807, 2.05) is 24.3 Å². The average Bonchev–Trinajstić information content (AvgIpc) is 2.73. The van der Waals surface area contributed by atoms with Crippen molar-refractivity contribution in [1.29, 1.82) is 0 Å². The summed E-state index contributed by atoms with van der Waals surface area (Å²) in [4.78, 5) is 7.47. The number of allylic oxidation sites excluding steroid dienone is 1. The number of rotatable bonds is 6. The van der Waals surface area contributed by atoms with Crippen LogP contribution >= 0.6 is 0 Å². The summed E-state index contributed by atoms with van der Waals surface area (Å²) in [6.07, 6.45) is 4.07. The molecule has 0 spiro atoms. The van der Waals surface area contributed by atoms with E-state index in [0.717, 1.165) is 56.5 Å². The minimum atomic E-state index is -0.0554.